The van der Waals surface area contributed by atoms with Gasteiger partial charge in [-0.1, -0.05) is 40.2 Å². The fraction of sp³-hybridized carbons (Fsp3) is 0.143. The Kier molecular flexibility index (Phi) is 4.45. The number of para-hydroxylation sites is 1. The van der Waals surface area contributed by atoms with Crippen LogP contribution in [0.4, 0.5) is 0 Å². The van der Waals surface area contributed by atoms with Crippen molar-refractivity contribution < 1.29 is 4.74 Å². The summed E-state index contributed by atoms with van der Waals surface area (Å²) in [6, 6.07) is 14.3. The zero-order chi connectivity index (χ0) is 12.3. The van der Waals surface area contributed by atoms with Crippen molar-refractivity contribution in [1.82, 2.24) is 0 Å². The largest absolute Gasteiger partial charge is 0.456 e. The minimum atomic E-state index is 0.872. The van der Waals surface area contributed by atoms with Gasteiger partial charge < -0.3 is 4.74 Å². The average molecular weight is 403 g/mol. The molecule has 0 radical (unpaired) electrons. The smallest absolute Gasteiger partial charge is 0.140 e. The second kappa shape index (κ2) is 5.87. The third-order valence-electron chi connectivity index (χ3n) is 2.45. The molecule has 17 heavy (non-hydrogen) atoms. The molecule has 0 heterocycles. The van der Waals surface area contributed by atoms with Gasteiger partial charge in [0.1, 0.15) is 11.5 Å². The maximum Gasteiger partial charge on any atom is 0.140 e. The van der Waals surface area contributed by atoms with E-state index in [0.29, 0.717) is 0 Å². The molecule has 0 bridgehead atoms. The molecule has 2 rings (SSSR count). The lowest BCUT2D eigenvalue weighted by Crippen LogP contribution is -1.90. The van der Waals surface area contributed by atoms with Gasteiger partial charge in [-0.05, 0) is 58.8 Å². The molecule has 0 spiro atoms. The van der Waals surface area contributed by atoms with Crippen molar-refractivity contribution in [2.75, 3.05) is 0 Å². The number of aryl methyl sites for hydroxylation is 1. The van der Waals surface area contributed by atoms with Crippen LogP contribution in [0.2, 0.25) is 0 Å². The second-order valence-electron chi connectivity index (χ2n) is 3.77. The van der Waals surface area contributed by atoms with Crippen LogP contribution in [-0.4, -0.2) is 0 Å². The quantitative estimate of drug-likeness (QED) is 0.500. The van der Waals surface area contributed by atoms with Gasteiger partial charge in [-0.3, -0.25) is 0 Å². The molecule has 88 valence electrons. The maximum absolute atomic E-state index is 5.92. The topological polar surface area (TPSA) is 9.23 Å². The third kappa shape index (κ3) is 3.22. The first-order valence-electron chi connectivity index (χ1n) is 5.28. The molecule has 2 aromatic rings. The van der Waals surface area contributed by atoms with Gasteiger partial charge in [0, 0.05) is 5.33 Å². The Morgan fingerprint density at radius 2 is 1.88 bits per heavy atom. The highest BCUT2D eigenvalue weighted by molar-refractivity contribution is 14.1. The van der Waals surface area contributed by atoms with Crippen molar-refractivity contribution in [3.8, 4) is 11.5 Å². The molecule has 1 nitrogen and oxygen atoms in total. The van der Waals surface area contributed by atoms with Crippen LogP contribution in [0.25, 0.3) is 0 Å². The Balaban J connectivity index is 2.28. The molecule has 0 aliphatic heterocycles. The van der Waals surface area contributed by atoms with Gasteiger partial charge in [0.15, 0.2) is 0 Å². The van der Waals surface area contributed by atoms with Gasteiger partial charge in [-0.15, -0.1) is 0 Å². The van der Waals surface area contributed by atoms with E-state index in [4.69, 9.17) is 4.74 Å². The van der Waals surface area contributed by atoms with E-state index in [2.05, 4.69) is 57.6 Å². The maximum atomic E-state index is 5.92. The Morgan fingerprint density at radius 1 is 1.12 bits per heavy atom. The van der Waals surface area contributed by atoms with E-state index in [-0.39, 0.29) is 0 Å². The number of hydrogen-bond acceptors (Lipinski definition) is 1. The summed E-state index contributed by atoms with van der Waals surface area (Å²) >= 11 is 5.73. The Bertz CT molecular complexity index is 525. The first-order chi connectivity index (χ1) is 8.20. The Labute approximate surface area is 123 Å². The SMILES string of the molecule is Cc1cc(CBr)ccc1Oc1ccccc1I. The monoisotopic (exact) mass is 402 g/mol. The van der Waals surface area contributed by atoms with Crippen molar-refractivity contribution in [3.63, 3.8) is 0 Å². The van der Waals surface area contributed by atoms with Gasteiger partial charge in [-0.2, -0.15) is 0 Å². The molecule has 0 aliphatic rings. The van der Waals surface area contributed by atoms with Crippen molar-refractivity contribution >= 4 is 38.5 Å². The van der Waals surface area contributed by atoms with E-state index in [1.165, 1.54) is 5.56 Å². The van der Waals surface area contributed by atoms with E-state index in [1.807, 2.05) is 30.3 Å². The minimum Gasteiger partial charge on any atom is -0.456 e. The zero-order valence-electron chi connectivity index (χ0n) is 9.41. The summed E-state index contributed by atoms with van der Waals surface area (Å²) in [5.41, 5.74) is 2.42. The molecule has 0 saturated carbocycles. The summed E-state index contributed by atoms with van der Waals surface area (Å²) in [5.74, 6) is 1.82. The summed E-state index contributed by atoms with van der Waals surface area (Å²) in [5, 5.41) is 0.872. The highest BCUT2D eigenvalue weighted by Gasteiger charge is 2.04. The minimum absolute atomic E-state index is 0.872. The van der Waals surface area contributed by atoms with Crippen molar-refractivity contribution in [2.24, 2.45) is 0 Å². The van der Waals surface area contributed by atoms with Gasteiger partial charge in [0.2, 0.25) is 0 Å². The van der Waals surface area contributed by atoms with E-state index in [9.17, 15) is 0 Å². The molecule has 0 N–H and O–H groups in total. The van der Waals surface area contributed by atoms with Crippen LogP contribution in [0, 0.1) is 10.5 Å². The van der Waals surface area contributed by atoms with E-state index < -0.39 is 0 Å². The normalized spacial score (nSPS) is 10.3. The summed E-state index contributed by atoms with van der Waals surface area (Å²) in [7, 11) is 0. The fourth-order valence-corrected chi connectivity index (χ4v) is 2.40. The van der Waals surface area contributed by atoms with Crippen molar-refractivity contribution in [2.45, 2.75) is 12.3 Å². The standard InChI is InChI=1S/C14H12BrIO/c1-10-8-11(9-15)6-7-13(10)17-14-5-3-2-4-12(14)16/h2-8H,9H2,1H3. The molecule has 0 fully saturated rings. The average Bonchev–Trinajstić information content (AvgIpc) is 2.34. The number of halogens is 2. The fourth-order valence-electron chi connectivity index (χ4n) is 1.56. The molecule has 3 heteroatoms. The van der Waals surface area contributed by atoms with Gasteiger partial charge in [0.05, 0.1) is 3.57 Å². The van der Waals surface area contributed by atoms with Crippen molar-refractivity contribution in [1.29, 1.82) is 0 Å². The molecular formula is C14H12BrIO. The van der Waals surface area contributed by atoms with E-state index >= 15 is 0 Å². The number of alkyl halides is 1. The molecule has 0 amide bonds. The number of hydrogen-bond donors (Lipinski definition) is 0. The van der Waals surface area contributed by atoms with Crippen LogP contribution < -0.4 is 4.74 Å². The molecule has 0 aliphatic carbocycles. The highest BCUT2D eigenvalue weighted by atomic mass is 127. The molecule has 0 unspecified atom stereocenters. The Hall–Kier alpha value is -0.550. The molecular weight excluding hydrogens is 391 g/mol. The lowest BCUT2D eigenvalue weighted by molar-refractivity contribution is 0.475. The van der Waals surface area contributed by atoms with Gasteiger partial charge >= 0.3 is 0 Å². The van der Waals surface area contributed by atoms with Gasteiger partial charge in [0.25, 0.3) is 0 Å². The third-order valence-corrected chi connectivity index (χ3v) is 3.99. The number of benzene rings is 2. The predicted octanol–water partition coefficient (Wildman–Crippen LogP) is 5.29. The highest BCUT2D eigenvalue weighted by Crippen LogP contribution is 2.29. The summed E-state index contributed by atoms with van der Waals surface area (Å²) in [6.45, 7) is 2.07. The number of rotatable bonds is 3. The predicted molar refractivity (Wildman–Crippen MR) is 83.0 cm³/mol. The summed E-state index contributed by atoms with van der Waals surface area (Å²) < 4.78 is 7.04. The molecule has 2 aromatic carbocycles. The second-order valence-corrected chi connectivity index (χ2v) is 5.49. The van der Waals surface area contributed by atoms with Crippen LogP contribution in [0.3, 0.4) is 0 Å². The molecule has 0 aromatic heterocycles. The van der Waals surface area contributed by atoms with Crippen molar-refractivity contribution in [3.05, 3.63) is 57.2 Å². The summed E-state index contributed by atoms with van der Waals surface area (Å²) in [4.78, 5) is 0. The lowest BCUT2D eigenvalue weighted by atomic mass is 10.1. The van der Waals surface area contributed by atoms with E-state index in [1.54, 1.807) is 0 Å². The van der Waals surface area contributed by atoms with Crippen LogP contribution in [0.15, 0.2) is 42.5 Å². The lowest BCUT2D eigenvalue weighted by Gasteiger charge is -2.10. The summed E-state index contributed by atoms with van der Waals surface area (Å²) in [6.07, 6.45) is 0. The first-order valence-corrected chi connectivity index (χ1v) is 7.48. The number of ether oxygens (including phenoxy) is 1. The van der Waals surface area contributed by atoms with Crippen LogP contribution >= 0.6 is 38.5 Å². The zero-order valence-corrected chi connectivity index (χ0v) is 13.2. The van der Waals surface area contributed by atoms with Crippen LogP contribution in [0.5, 0.6) is 11.5 Å². The first kappa shape index (κ1) is 12.9. The van der Waals surface area contributed by atoms with E-state index in [0.717, 1.165) is 26.0 Å². The van der Waals surface area contributed by atoms with Crippen LogP contribution in [0.1, 0.15) is 11.1 Å². The van der Waals surface area contributed by atoms with Crippen LogP contribution in [-0.2, 0) is 5.33 Å². The Morgan fingerprint density at radius 3 is 2.53 bits per heavy atom. The molecule has 0 atom stereocenters. The molecule has 0 saturated heterocycles. The van der Waals surface area contributed by atoms with Gasteiger partial charge in [-0.25, -0.2) is 0 Å².